The van der Waals surface area contributed by atoms with Crippen molar-refractivity contribution in [2.24, 2.45) is 7.05 Å². The molecule has 0 saturated carbocycles. The van der Waals surface area contributed by atoms with Crippen molar-refractivity contribution in [1.82, 2.24) is 24.7 Å². The van der Waals surface area contributed by atoms with Crippen LogP contribution in [0.15, 0.2) is 35.2 Å². The van der Waals surface area contributed by atoms with Crippen LogP contribution in [-0.4, -0.2) is 51.6 Å². The number of hydrogen-bond acceptors (Lipinski definition) is 4. The molecule has 23 heavy (non-hydrogen) atoms. The number of aryl methyl sites for hydroxylation is 1. The average Bonchev–Trinajstić information content (AvgIpc) is 3.23. The van der Waals surface area contributed by atoms with E-state index in [1.807, 2.05) is 34.8 Å². The van der Waals surface area contributed by atoms with Crippen LogP contribution in [-0.2, 0) is 13.6 Å². The third-order valence-corrected chi connectivity index (χ3v) is 4.34. The summed E-state index contributed by atoms with van der Waals surface area (Å²) >= 11 is 0. The summed E-state index contributed by atoms with van der Waals surface area (Å²) < 4.78 is 7.27. The Bertz CT molecular complexity index is 637. The topological polar surface area (TPSA) is 66.5 Å². The van der Waals surface area contributed by atoms with Crippen LogP contribution >= 0.6 is 0 Å². The molecule has 7 heteroatoms. The molecule has 1 fully saturated rings. The first-order valence-electron chi connectivity index (χ1n) is 7.95. The Balaban J connectivity index is 1.65. The molecule has 0 aromatic carbocycles. The fourth-order valence-corrected chi connectivity index (χ4v) is 3.01. The highest BCUT2D eigenvalue weighted by atomic mass is 16.3. The van der Waals surface area contributed by atoms with Gasteiger partial charge in [-0.15, -0.1) is 0 Å². The first-order chi connectivity index (χ1) is 11.2. The van der Waals surface area contributed by atoms with Crippen LogP contribution in [0, 0.1) is 0 Å². The van der Waals surface area contributed by atoms with Gasteiger partial charge in [-0.2, -0.15) is 0 Å². The zero-order valence-electron chi connectivity index (χ0n) is 13.6. The molecule has 0 bridgehead atoms. The van der Waals surface area contributed by atoms with Gasteiger partial charge in [-0.3, -0.25) is 4.90 Å². The Morgan fingerprint density at radius 2 is 2.35 bits per heavy atom. The lowest BCUT2D eigenvalue weighted by atomic mass is 10.1. The van der Waals surface area contributed by atoms with Crippen molar-refractivity contribution >= 4 is 6.03 Å². The summed E-state index contributed by atoms with van der Waals surface area (Å²) in [6.45, 7) is 5.71. The standard InChI is InChI=1S/C16H23N5O2/c1-3-20-8-9-21(12-14(20)15-17-6-7-19(15)2)16(22)18-11-13-5-4-10-23-13/h4-7,10,14H,3,8-9,11-12H2,1-2H3,(H,18,22)/t14-/m1/s1. The molecule has 0 aliphatic carbocycles. The van der Waals surface area contributed by atoms with E-state index in [1.54, 1.807) is 12.5 Å². The lowest BCUT2D eigenvalue weighted by molar-refractivity contribution is 0.0876. The van der Waals surface area contributed by atoms with Crippen molar-refractivity contribution in [1.29, 1.82) is 0 Å². The Hall–Kier alpha value is -2.28. The van der Waals surface area contributed by atoms with E-state index in [4.69, 9.17) is 4.42 Å². The van der Waals surface area contributed by atoms with E-state index in [0.717, 1.165) is 31.2 Å². The second-order valence-electron chi connectivity index (χ2n) is 5.72. The number of carbonyl (C=O) groups is 1. The van der Waals surface area contributed by atoms with Crippen LogP contribution in [0.3, 0.4) is 0 Å². The van der Waals surface area contributed by atoms with Crippen LogP contribution < -0.4 is 5.32 Å². The molecule has 1 saturated heterocycles. The molecule has 2 aromatic heterocycles. The van der Waals surface area contributed by atoms with Gasteiger partial charge in [0, 0.05) is 39.1 Å². The summed E-state index contributed by atoms with van der Waals surface area (Å²) in [7, 11) is 1.99. The van der Waals surface area contributed by atoms with E-state index in [2.05, 4.69) is 22.1 Å². The Labute approximate surface area is 135 Å². The predicted octanol–water partition coefficient (Wildman–Crippen LogP) is 1.60. The van der Waals surface area contributed by atoms with Gasteiger partial charge < -0.3 is 19.2 Å². The van der Waals surface area contributed by atoms with Crippen molar-refractivity contribution < 1.29 is 9.21 Å². The number of aromatic nitrogens is 2. The van der Waals surface area contributed by atoms with Crippen LogP contribution in [0.4, 0.5) is 4.79 Å². The van der Waals surface area contributed by atoms with Crippen molar-refractivity contribution in [2.75, 3.05) is 26.2 Å². The van der Waals surface area contributed by atoms with Crippen LogP contribution in [0.2, 0.25) is 0 Å². The minimum absolute atomic E-state index is 0.0589. The molecular formula is C16H23N5O2. The van der Waals surface area contributed by atoms with Gasteiger partial charge in [0.1, 0.15) is 11.6 Å². The molecule has 0 radical (unpaired) electrons. The van der Waals surface area contributed by atoms with Crippen molar-refractivity contribution in [3.05, 3.63) is 42.4 Å². The van der Waals surface area contributed by atoms with Crippen LogP contribution in [0.1, 0.15) is 24.6 Å². The number of likely N-dealkylation sites (N-methyl/N-ethyl adjacent to an activating group) is 1. The zero-order valence-corrected chi connectivity index (χ0v) is 13.6. The highest BCUT2D eigenvalue weighted by Crippen LogP contribution is 2.23. The summed E-state index contributed by atoms with van der Waals surface area (Å²) in [4.78, 5) is 21.1. The number of imidazole rings is 1. The number of amides is 2. The lowest BCUT2D eigenvalue weighted by Gasteiger charge is -2.40. The number of carbonyl (C=O) groups excluding carboxylic acids is 1. The quantitative estimate of drug-likeness (QED) is 0.930. The molecule has 1 aliphatic rings. The maximum atomic E-state index is 12.4. The monoisotopic (exact) mass is 317 g/mol. The van der Waals surface area contributed by atoms with Crippen molar-refractivity contribution in [3.63, 3.8) is 0 Å². The summed E-state index contributed by atoms with van der Waals surface area (Å²) in [6, 6.07) is 3.74. The molecule has 0 spiro atoms. The number of furan rings is 1. The molecule has 2 aromatic rings. The van der Waals surface area contributed by atoms with Gasteiger partial charge in [0.15, 0.2) is 0 Å². The van der Waals surface area contributed by atoms with Crippen LogP contribution in [0.5, 0.6) is 0 Å². The van der Waals surface area contributed by atoms with Gasteiger partial charge in [-0.05, 0) is 18.7 Å². The van der Waals surface area contributed by atoms with Crippen LogP contribution in [0.25, 0.3) is 0 Å². The van der Waals surface area contributed by atoms with Gasteiger partial charge in [0.25, 0.3) is 0 Å². The highest BCUT2D eigenvalue weighted by molar-refractivity contribution is 5.74. The number of hydrogen-bond donors (Lipinski definition) is 1. The number of nitrogens with one attached hydrogen (secondary N) is 1. The molecule has 0 unspecified atom stereocenters. The van der Waals surface area contributed by atoms with E-state index >= 15 is 0 Å². The van der Waals surface area contributed by atoms with Gasteiger partial charge in [0.05, 0.1) is 18.8 Å². The Morgan fingerprint density at radius 3 is 3.00 bits per heavy atom. The summed E-state index contributed by atoms with van der Waals surface area (Å²) in [6.07, 6.45) is 5.36. The maximum Gasteiger partial charge on any atom is 0.317 e. The van der Waals surface area contributed by atoms with Gasteiger partial charge in [-0.1, -0.05) is 6.92 Å². The van der Waals surface area contributed by atoms with E-state index in [1.165, 1.54) is 0 Å². The molecule has 7 nitrogen and oxygen atoms in total. The number of urea groups is 1. The molecule has 2 amide bonds. The first-order valence-corrected chi connectivity index (χ1v) is 7.95. The molecule has 1 N–H and O–H groups in total. The smallest absolute Gasteiger partial charge is 0.317 e. The zero-order chi connectivity index (χ0) is 16.2. The predicted molar refractivity (Wildman–Crippen MR) is 85.7 cm³/mol. The maximum absolute atomic E-state index is 12.4. The second-order valence-corrected chi connectivity index (χ2v) is 5.72. The van der Waals surface area contributed by atoms with Gasteiger partial charge in [-0.25, -0.2) is 9.78 Å². The number of rotatable bonds is 4. The first kappa shape index (κ1) is 15.6. The fraction of sp³-hybridized carbons (Fsp3) is 0.500. The van der Waals surface area contributed by atoms with Gasteiger partial charge in [0.2, 0.25) is 0 Å². The molecule has 3 rings (SSSR count). The van der Waals surface area contributed by atoms with E-state index in [9.17, 15) is 4.79 Å². The number of nitrogens with zero attached hydrogens (tertiary/aromatic N) is 4. The third kappa shape index (κ3) is 3.39. The Morgan fingerprint density at radius 1 is 1.48 bits per heavy atom. The molecule has 1 aliphatic heterocycles. The van der Waals surface area contributed by atoms with Crippen molar-refractivity contribution in [3.8, 4) is 0 Å². The van der Waals surface area contributed by atoms with Gasteiger partial charge >= 0.3 is 6.03 Å². The normalized spacial score (nSPS) is 19.0. The average molecular weight is 317 g/mol. The fourth-order valence-electron chi connectivity index (χ4n) is 3.01. The highest BCUT2D eigenvalue weighted by Gasteiger charge is 2.31. The van der Waals surface area contributed by atoms with Crippen molar-refractivity contribution in [2.45, 2.75) is 19.5 Å². The Kier molecular flexibility index (Phi) is 4.66. The van der Waals surface area contributed by atoms with E-state index < -0.39 is 0 Å². The van der Waals surface area contributed by atoms with E-state index in [0.29, 0.717) is 13.1 Å². The summed E-state index contributed by atoms with van der Waals surface area (Å²) in [5, 5.41) is 2.92. The SMILES string of the molecule is CCN1CCN(C(=O)NCc2ccco2)C[C@@H]1c1nccn1C. The molecular weight excluding hydrogens is 294 g/mol. The second kappa shape index (κ2) is 6.87. The van der Waals surface area contributed by atoms with E-state index in [-0.39, 0.29) is 12.1 Å². The summed E-state index contributed by atoms with van der Waals surface area (Å²) in [5.74, 6) is 1.75. The minimum atomic E-state index is -0.0589. The largest absolute Gasteiger partial charge is 0.467 e. The lowest BCUT2D eigenvalue weighted by Crippen LogP contribution is -2.53. The number of piperazine rings is 1. The molecule has 1 atom stereocenters. The third-order valence-electron chi connectivity index (χ3n) is 4.34. The minimum Gasteiger partial charge on any atom is -0.467 e. The molecule has 3 heterocycles. The molecule has 124 valence electrons. The summed E-state index contributed by atoms with van der Waals surface area (Å²) in [5.41, 5.74) is 0.